The van der Waals surface area contributed by atoms with Crippen molar-refractivity contribution in [2.24, 2.45) is 7.05 Å². The third-order valence-electron chi connectivity index (χ3n) is 2.96. The maximum Gasteiger partial charge on any atom is 0.323 e. The average Bonchev–Trinajstić information content (AvgIpc) is 3.03. The van der Waals surface area contributed by atoms with Gasteiger partial charge in [0, 0.05) is 30.4 Å². The van der Waals surface area contributed by atoms with Gasteiger partial charge in [0.25, 0.3) is 0 Å². The van der Waals surface area contributed by atoms with Gasteiger partial charge in [-0.05, 0) is 12.8 Å². The molecule has 0 bridgehead atoms. The van der Waals surface area contributed by atoms with Gasteiger partial charge < -0.3 is 9.29 Å². The zero-order valence-corrected chi connectivity index (χ0v) is 11.0. The lowest BCUT2D eigenvalue weighted by Crippen LogP contribution is -2.05. The Morgan fingerprint density at radius 1 is 1.50 bits per heavy atom. The highest BCUT2D eigenvalue weighted by Crippen LogP contribution is 2.31. The molecule has 3 rings (SSSR count). The molecule has 1 aliphatic rings. The molecule has 0 spiro atoms. The maximum absolute atomic E-state index is 13.9. The SMILES string of the molecule is Cn1c([S+](C)[O-])nc2c(F)cc(OC3CC3)cc21. The number of aryl methyl sites for hydroxylation is 1. The fourth-order valence-corrected chi connectivity index (χ4v) is 2.61. The quantitative estimate of drug-likeness (QED) is 0.800. The fourth-order valence-electron chi connectivity index (χ4n) is 1.90. The summed E-state index contributed by atoms with van der Waals surface area (Å²) in [7, 11) is 1.73. The van der Waals surface area contributed by atoms with Crippen molar-refractivity contribution >= 4 is 22.2 Å². The molecule has 18 heavy (non-hydrogen) atoms. The van der Waals surface area contributed by atoms with E-state index < -0.39 is 17.0 Å². The first-order chi connectivity index (χ1) is 8.56. The van der Waals surface area contributed by atoms with Crippen LogP contribution in [0.25, 0.3) is 11.0 Å². The number of rotatable bonds is 3. The van der Waals surface area contributed by atoms with Crippen LogP contribution in [-0.2, 0) is 18.2 Å². The first kappa shape index (κ1) is 11.8. The number of aromatic nitrogens is 2. The lowest BCUT2D eigenvalue weighted by atomic mass is 10.3. The Kier molecular flexibility index (Phi) is 2.71. The monoisotopic (exact) mass is 268 g/mol. The number of imidazole rings is 1. The van der Waals surface area contributed by atoms with Crippen LogP contribution in [0.2, 0.25) is 0 Å². The van der Waals surface area contributed by atoms with Crippen LogP contribution in [0, 0.1) is 5.82 Å². The summed E-state index contributed by atoms with van der Waals surface area (Å²) in [5.41, 5.74) is 0.849. The summed E-state index contributed by atoms with van der Waals surface area (Å²) in [5, 5.41) is 0.368. The van der Waals surface area contributed by atoms with Crippen LogP contribution >= 0.6 is 0 Å². The molecule has 1 aliphatic carbocycles. The molecule has 0 saturated heterocycles. The molecule has 0 amide bonds. The Morgan fingerprint density at radius 3 is 2.83 bits per heavy atom. The fraction of sp³-hybridized carbons (Fsp3) is 0.417. The van der Waals surface area contributed by atoms with Crippen molar-refractivity contribution in [3.8, 4) is 5.75 Å². The zero-order valence-electron chi connectivity index (χ0n) is 10.1. The summed E-state index contributed by atoms with van der Waals surface area (Å²) in [4.78, 5) is 4.08. The Labute approximate surface area is 107 Å². The molecule has 1 fully saturated rings. The molecule has 0 radical (unpaired) electrons. The Hall–Kier alpha value is -1.27. The summed E-state index contributed by atoms with van der Waals surface area (Å²) in [5.74, 6) is 0.0781. The van der Waals surface area contributed by atoms with E-state index in [9.17, 15) is 8.94 Å². The number of halogens is 1. The second-order valence-electron chi connectivity index (χ2n) is 4.50. The second-order valence-corrected chi connectivity index (χ2v) is 5.77. The maximum atomic E-state index is 13.9. The molecule has 1 aromatic carbocycles. The average molecular weight is 268 g/mol. The van der Waals surface area contributed by atoms with E-state index in [4.69, 9.17) is 4.74 Å². The largest absolute Gasteiger partial charge is 0.609 e. The van der Waals surface area contributed by atoms with Crippen LogP contribution < -0.4 is 4.74 Å². The van der Waals surface area contributed by atoms with E-state index in [-0.39, 0.29) is 11.6 Å². The molecule has 1 atom stereocenters. The molecule has 1 heterocycles. The molecule has 0 N–H and O–H groups in total. The van der Waals surface area contributed by atoms with Crippen molar-refractivity contribution in [2.75, 3.05) is 6.26 Å². The summed E-state index contributed by atoms with van der Waals surface area (Å²) < 4.78 is 32.6. The van der Waals surface area contributed by atoms with E-state index in [2.05, 4.69) is 4.98 Å². The van der Waals surface area contributed by atoms with Gasteiger partial charge in [-0.25, -0.2) is 4.39 Å². The molecule has 2 aromatic rings. The highest BCUT2D eigenvalue weighted by molar-refractivity contribution is 7.90. The first-order valence-electron chi connectivity index (χ1n) is 5.72. The minimum atomic E-state index is -1.24. The predicted molar refractivity (Wildman–Crippen MR) is 66.7 cm³/mol. The number of benzene rings is 1. The van der Waals surface area contributed by atoms with E-state index in [1.807, 2.05) is 0 Å². The topological polar surface area (TPSA) is 50.1 Å². The highest BCUT2D eigenvalue weighted by Gasteiger charge is 2.25. The van der Waals surface area contributed by atoms with Crippen molar-refractivity contribution in [1.29, 1.82) is 0 Å². The number of hydrogen-bond acceptors (Lipinski definition) is 3. The Balaban J connectivity index is 2.12. The number of hydrogen-bond donors (Lipinski definition) is 0. The highest BCUT2D eigenvalue weighted by atomic mass is 32.2. The number of ether oxygens (including phenoxy) is 1. The van der Waals surface area contributed by atoms with Crippen molar-refractivity contribution in [2.45, 2.75) is 24.1 Å². The summed E-state index contributed by atoms with van der Waals surface area (Å²) in [6, 6.07) is 3.09. The summed E-state index contributed by atoms with van der Waals surface area (Å²) in [6.45, 7) is 0. The van der Waals surface area contributed by atoms with Gasteiger partial charge in [-0.1, -0.05) is 0 Å². The van der Waals surface area contributed by atoms with Crippen LogP contribution in [-0.4, -0.2) is 26.5 Å². The van der Waals surface area contributed by atoms with Crippen LogP contribution in [0.1, 0.15) is 12.8 Å². The van der Waals surface area contributed by atoms with Gasteiger partial charge in [-0.2, -0.15) is 4.98 Å². The van der Waals surface area contributed by atoms with Gasteiger partial charge in [-0.15, -0.1) is 0 Å². The minimum Gasteiger partial charge on any atom is -0.609 e. The molecule has 4 nitrogen and oxygen atoms in total. The standard InChI is InChI=1S/C12H13FN2O2S/c1-15-10-6-8(17-7-3-4-7)5-9(13)11(10)14-12(15)18(2)16/h5-7H,3-4H2,1-2H3. The first-order valence-corrected chi connectivity index (χ1v) is 7.28. The van der Waals surface area contributed by atoms with Crippen LogP contribution in [0.15, 0.2) is 17.3 Å². The van der Waals surface area contributed by atoms with E-state index in [0.717, 1.165) is 12.8 Å². The molecule has 1 unspecified atom stereocenters. The second kappa shape index (κ2) is 4.13. The van der Waals surface area contributed by atoms with Gasteiger partial charge in [0.2, 0.25) is 0 Å². The molecule has 1 aromatic heterocycles. The van der Waals surface area contributed by atoms with Gasteiger partial charge in [0.1, 0.15) is 17.5 Å². The van der Waals surface area contributed by atoms with Gasteiger partial charge in [-0.3, -0.25) is 4.57 Å². The van der Waals surface area contributed by atoms with E-state index in [1.165, 1.54) is 12.3 Å². The number of nitrogens with zero attached hydrogens (tertiary/aromatic N) is 2. The lowest BCUT2D eigenvalue weighted by Gasteiger charge is -2.05. The normalized spacial score (nSPS) is 17.1. The molecule has 96 valence electrons. The predicted octanol–water partition coefficient (Wildman–Crippen LogP) is 1.99. The lowest BCUT2D eigenvalue weighted by molar-refractivity contribution is 0.302. The minimum absolute atomic E-state index is 0.217. The third-order valence-corrected chi connectivity index (χ3v) is 3.84. The van der Waals surface area contributed by atoms with Crippen LogP contribution in [0.4, 0.5) is 4.39 Å². The van der Waals surface area contributed by atoms with Crippen molar-refractivity contribution < 1.29 is 13.7 Å². The van der Waals surface area contributed by atoms with E-state index in [0.29, 0.717) is 16.4 Å². The van der Waals surface area contributed by atoms with Crippen LogP contribution in [0.5, 0.6) is 5.75 Å². The smallest absolute Gasteiger partial charge is 0.323 e. The van der Waals surface area contributed by atoms with E-state index >= 15 is 0 Å². The molecule has 1 saturated carbocycles. The molecule has 6 heteroatoms. The van der Waals surface area contributed by atoms with Gasteiger partial charge >= 0.3 is 5.16 Å². The van der Waals surface area contributed by atoms with Gasteiger partial charge in [0.15, 0.2) is 5.82 Å². The third kappa shape index (κ3) is 1.95. The van der Waals surface area contributed by atoms with Crippen molar-refractivity contribution in [1.82, 2.24) is 9.55 Å². The molecular formula is C12H13FN2O2S. The number of fused-ring (bicyclic) bond motifs is 1. The molecule has 0 aliphatic heterocycles. The Bertz CT molecular complexity index is 608. The van der Waals surface area contributed by atoms with Crippen molar-refractivity contribution in [3.05, 3.63) is 17.9 Å². The zero-order chi connectivity index (χ0) is 12.9. The van der Waals surface area contributed by atoms with E-state index in [1.54, 1.807) is 17.7 Å². The Morgan fingerprint density at radius 2 is 2.22 bits per heavy atom. The van der Waals surface area contributed by atoms with Gasteiger partial charge in [0.05, 0.1) is 11.6 Å². The summed E-state index contributed by atoms with van der Waals surface area (Å²) in [6.07, 6.45) is 3.79. The van der Waals surface area contributed by atoms with Crippen molar-refractivity contribution in [3.63, 3.8) is 0 Å². The van der Waals surface area contributed by atoms with Crippen LogP contribution in [0.3, 0.4) is 0 Å². The summed E-state index contributed by atoms with van der Waals surface area (Å²) >= 11 is -1.24. The molecular weight excluding hydrogens is 255 g/mol.